The van der Waals surface area contributed by atoms with Crippen LogP contribution in [-0.4, -0.2) is 26.4 Å². The Bertz CT molecular complexity index is 1170. The number of ether oxygens (including phenoxy) is 1. The van der Waals surface area contributed by atoms with Crippen molar-refractivity contribution in [3.63, 3.8) is 0 Å². The Labute approximate surface area is 184 Å². The first-order valence-electron chi connectivity index (χ1n) is 10.5. The van der Waals surface area contributed by atoms with Crippen molar-refractivity contribution in [1.82, 2.24) is 0 Å². The van der Waals surface area contributed by atoms with Gasteiger partial charge in [-0.3, -0.25) is 9.69 Å². The van der Waals surface area contributed by atoms with Crippen molar-refractivity contribution in [2.45, 2.75) is 45.1 Å². The minimum Gasteiger partial charge on any atom is -0.543 e. The topological polar surface area (TPSA) is 59.0 Å². The number of nitrogens with zero attached hydrogens (tertiary/aromatic N) is 1. The summed E-state index contributed by atoms with van der Waals surface area (Å²) in [6.07, 6.45) is -1.12. The minimum atomic E-state index is -2.02. The lowest BCUT2D eigenvalue weighted by Gasteiger charge is -2.36. The van der Waals surface area contributed by atoms with Gasteiger partial charge in [0.15, 0.2) is 6.23 Å². The van der Waals surface area contributed by atoms with Gasteiger partial charge in [0.05, 0.1) is 23.9 Å². The van der Waals surface area contributed by atoms with E-state index in [1.807, 2.05) is 36.4 Å². The van der Waals surface area contributed by atoms with E-state index in [9.17, 15) is 9.90 Å². The molecule has 6 heteroatoms. The van der Waals surface area contributed by atoms with Crippen molar-refractivity contribution in [2.24, 2.45) is 0 Å². The molecular formula is C25H29NO4Si. The summed E-state index contributed by atoms with van der Waals surface area (Å²) < 4.78 is 11.9. The smallest absolute Gasteiger partial charge is 0.261 e. The lowest BCUT2D eigenvalue weighted by Crippen LogP contribution is -2.43. The van der Waals surface area contributed by atoms with Gasteiger partial charge in [-0.1, -0.05) is 45.0 Å². The number of hydrogen-bond donors (Lipinski definition) is 1. The van der Waals surface area contributed by atoms with Crippen LogP contribution in [0.3, 0.4) is 0 Å². The van der Waals surface area contributed by atoms with Gasteiger partial charge < -0.3 is 14.3 Å². The third kappa shape index (κ3) is 3.49. The van der Waals surface area contributed by atoms with Crippen LogP contribution < -0.4 is 14.1 Å². The number of hydrogen-bond acceptors (Lipinski definition) is 4. The van der Waals surface area contributed by atoms with Gasteiger partial charge in [-0.15, -0.1) is 0 Å². The molecule has 1 heterocycles. The lowest BCUT2D eigenvalue weighted by atomic mass is 10.1. The Morgan fingerprint density at radius 2 is 1.74 bits per heavy atom. The van der Waals surface area contributed by atoms with Crippen LogP contribution in [0.5, 0.6) is 11.5 Å². The van der Waals surface area contributed by atoms with Gasteiger partial charge in [-0.05, 0) is 53.9 Å². The normalized spacial score (nSPS) is 16.5. The number of aliphatic hydroxyl groups excluding tert-OH is 1. The molecule has 5 nitrogen and oxygen atoms in total. The molecule has 31 heavy (non-hydrogen) atoms. The van der Waals surface area contributed by atoms with Crippen LogP contribution in [-0.2, 0) is 0 Å². The summed E-state index contributed by atoms with van der Waals surface area (Å²) in [5, 5.41) is 13.0. The zero-order chi connectivity index (χ0) is 22.6. The van der Waals surface area contributed by atoms with Crippen LogP contribution in [0.4, 0.5) is 5.69 Å². The molecule has 3 aromatic carbocycles. The van der Waals surface area contributed by atoms with Crippen LogP contribution in [0.2, 0.25) is 18.1 Å². The second kappa shape index (κ2) is 7.39. The van der Waals surface area contributed by atoms with Gasteiger partial charge in [-0.25, -0.2) is 0 Å². The van der Waals surface area contributed by atoms with E-state index < -0.39 is 14.5 Å². The summed E-state index contributed by atoms with van der Waals surface area (Å²) in [5.74, 6) is 1.04. The third-order valence-corrected chi connectivity index (χ3v) is 10.9. The minimum absolute atomic E-state index is 0.0702. The van der Waals surface area contributed by atoms with Crippen molar-refractivity contribution < 1.29 is 19.1 Å². The van der Waals surface area contributed by atoms with Gasteiger partial charge in [0.1, 0.15) is 11.5 Å². The molecule has 0 saturated heterocycles. The first-order chi connectivity index (χ1) is 14.5. The predicted octanol–water partition coefficient (Wildman–Crippen LogP) is 5.88. The average Bonchev–Trinajstić information content (AvgIpc) is 2.97. The van der Waals surface area contributed by atoms with E-state index in [0.29, 0.717) is 22.6 Å². The molecule has 1 unspecified atom stereocenters. The second-order valence-corrected chi connectivity index (χ2v) is 14.2. The fourth-order valence-electron chi connectivity index (χ4n) is 3.74. The molecule has 0 radical (unpaired) electrons. The molecule has 0 spiro atoms. The molecule has 1 atom stereocenters. The molecule has 0 aliphatic carbocycles. The number of fused-ring (bicyclic) bond motifs is 2. The summed E-state index contributed by atoms with van der Waals surface area (Å²) in [6, 6.07) is 17.0. The average molecular weight is 436 g/mol. The first kappa shape index (κ1) is 21.4. The number of anilines is 1. The molecule has 1 aliphatic heterocycles. The maximum atomic E-state index is 13.3. The monoisotopic (exact) mass is 435 g/mol. The van der Waals surface area contributed by atoms with Crippen LogP contribution in [0.15, 0.2) is 54.6 Å². The summed E-state index contributed by atoms with van der Waals surface area (Å²) in [6.45, 7) is 11.0. The maximum absolute atomic E-state index is 13.3. The van der Waals surface area contributed by atoms with Crippen LogP contribution >= 0.6 is 0 Å². The highest BCUT2D eigenvalue weighted by Gasteiger charge is 2.40. The molecule has 0 saturated carbocycles. The highest BCUT2D eigenvalue weighted by molar-refractivity contribution is 6.74. The quantitative estimate of drug-likeness (QED) is 0.520. The van der Waals surface area contributed by atoms with Crippen molar-refractivity contribution in [3.8, 4) is 11.5 Å². The van der Waals surface area contributed by atoms with E-state index in [1.54, 1.807) is 18.2 Å². The van der Waals surface area contributed by atoms with Gasteiger partial charge in [0.25, 0.3) is 5.91 Å². The fourth-order valence-corrected chi connectivity index (χ4v) is 4.76. The highest BCUT2D eigenvalue weighted by Crippen LogP contribution is 2.44. The van der Waals surface area contributed by atoms with Crippen molar-refractivity contribution >= 4 is 30.7 Å². The first-order valence-corrected chi connectivity index (χ1v) is 13.4. The number of benzene rings is 3. The number of rotatable bonds is 4. The molecule has 1 N–H and O–H groups in total. The zero-order valence-electron chi connectivity index (χ0n) is 18.9. The van der Waals surface area contributed by atoms with Crippen LogP contribution in [0.25, 0.3) is 10.8 Å². The zero-order valence-corrected chi connectivity index (χ0v) is 19.9. The number of amides is 1. The molecule has 4 rings (SSSR count). The molecule has 1 amide bonds. The largest absolute Gasteiger partial charge is 0.543 e. The molecule has 0 fully saturated rings. The van der Waals surface area contributed by atoms with Crippen molar-refractivity contribution in [2.75, 3.05) is 12.0 Å². The fraction of sp³-hybridized carbons (Fsp3) is 0.320. The van der Waals surface area contributed by atoms with Gasteiger partial charge >= 0.3 is 0 Å². The van der Waals surface area contributed by atoms with Gasteiger partial charge in [-0.2, -0.15) is 0 Å². The van der Waals surface area contributed by atoms with Crippen LogP contribution in [0.1, 0.15) is 42.9 Å². The SMILES string of the molecule is COc1cccc2c1C(O)N(c1cccc3ccc(O[Si](C)(C)C(C)(C)C)cc13)C2=O. The maximum Gasteiger partial charge on any atom is 0.261 e. The highest BCUT2D eigenvalue weighted by atomic mass is 28.4. The van der Waals surface area contributed by atoms with E-state index >= 15 is 0 Å². The van der Waals surface area contributed by atoms with E-state index in [1.165, 1.54) is 12.0 Å². The van der Waals surface area contributed by atoms with Crippen molar-refractivity contribution in [3.05, 3.63) is 65.7 Å². The molecule has 1 aliphatic rings. The van der Waals surface area contributed by atoms with Crippen molar-refractivity contribution in [1.29, 1.82) is 0 Å². The predicted molar refractivity (Wildman–Crippen MR) is 127 cm³/mol. The summed E-state index contributed by atoms with van der Waals surface area (Å²) in [5.41, 5.74) is 1.60. The standard InChI is InChI=1S/C25H29NO4Si/c1-25(2,3)31(5,6)30-17-14-13-16-9-7-11-20(19(16)15-17)26-23(27)18-10-8-12-21(29-4)22(18)24(26)28/h7-15,24,28H,1-6H3. The van der Waals surface area contributed by atoms with E-state index in [4.69, 9.17) is 9.16 Å². The number of carbonyl (C=O) groups excluding carboxylic acids is 1. The molecule has 0 aromatic heterocycles. The Morgan fingerprint density at radius 3 is 2.42 bits per heavy atom. The van der Waals surface area contributed by atoms with E-state index in [2.05, 4.69) is 33.9 Å². The number of methoxy groups -OCH3 is 1. The summed E-state index contributed by atoms with van der Waals surface area (Å²) in [4.78, 5) is 14.7. The third-order valence-electron chi connectivity index (χ3n) is 6.51. The summed E-state index contributed by atoms with van der Waals surface area (Å²) in [7, 11) is -0.480. The van der Waals surface area contributed by atoms with E-state index in [0.717, 1.165) is 16.5 Å². The molecule has 0 bridgehead atoms. The number of aliphatic hydroxyl groups is 1. The Morgan fingerprint density at radius 1 is 1.03 bits per heavy atom. The van der Waals surface area contributed by atoms with Gasteiger partial charge in [0, 0.05) is 5.39 Å². The number of carbonyl (C=O) groups is 1. The molecule has 162 valence electrons. The Balaban J connectivity index is 1.81. The lowest BCUT2D eigenvalue weighted by molar-refractivity contribution is 0.0935. The van der Waals surface area contributed by atoms with Crippen LogP contribution in [0, 0.1) is 0 Å². The second-order valence-electron chi connectivity index (χ2n) is 9.49. The van der Waals surface area contributed by atoms with Gasteiger partial charge in [0.2, 0.25) is 8.32 Å². The molecular weight excluding hydrogens is 406 g/mol. The Hall–Kier alpha value is -2.83. The Kier molecular flexibility index (Phi) is 5.10. The molecule has 3 aromatic rings. The summed E-state index contributed by atoms with van der Waals surface area (Å²) >= 11 is 0. The van der Waals surface area contributed by atoms with E-state index in [-0.39, 0.29) is 10.9 Å².